The van der Waals surface area contributed by atoms with Crippen molar-refractivity contribution in [1.29, 1.82) is 10.5 Å². The smallest absolute Gasteiger partial charge is 0.167 e. The molecule has 0 unspecified atom stereocenters. The maximum absolute atomic E-state index is 14.5. The largest absolute Gasteiger partial charge is 0.203 e. The van der Waals surface area contributed by atoms with Crippen molar-refractivity contribution >= 4 is 0 Å². The molecular formula is C20H10F2N2. The van der Waals surface area contributed by atoms with Gasteiger partial charge in [0, 0.05) is 11.1 Å². The third-order valence-electron chi connectivity index (χ3n) is 3.69. The molecule has 24 heavy (non-hydrogen) atoms. The lowest BCUT2D eigenvalue weighted by Gasteiger charge is -2.09. The van der Waals surface area contributed by atoms with Gasteiger partial charge in [-0.05, 0) is 35.4 Å². The van der Waals surface area contributed by atoms with Crippen molar-refractivity contribution in [1.82, 2.24) is 0 Å². The van der Waals surface area contributed by atoms with Crippen molar-refractivity contribution in [3.05, 3.63) is 83.4 Å². The van der Waals surface area contributed by atoms with Crippen LogP contribution in [0.3, 0.4) is 0 Å². The molecule has 4 heteroatoms. The van der Waals surface area contributed by atoms with E-state index in [0.717, 1.165) is 0 Å². The van der Waals surface area contributed by atoms with Gasteiger partial charge in [-0.1, -0.05) is 36.4 Å². The van der Waals surface area contributed by atoms with Gasteiger partial charge in [-0.15, -0.1) is 0 Å². The average molecular weight is 316 g/mol. The van der Waals surface area contributed by atoms with E-state index in [0.29, 0.717) is 22.3 Å². The summed E-state index contributed by atoms with van der Waals surface area (Å²) in [7, 11) is 0. The fourth-order valence-electron chi connectivity index (χ4n) is 2.51. The van der Waals surface area contributed by atoms with Gasteiger partial charge in [-0.2, -0.15) is 10.5 Å². The highest BCUT2D eigenvalue weighted by molar-refractivity contribution is 5.73. The highest BCUT2D eigenvalue weighted by atomic mass is 19.2. The zero-order valence-corrected chi connectivity index (χ0v) is 12.4. The second-order valence-electron chi connectivity index (χ2n) is 5.17. The number of benzene rings is 3. The topological polar surface area (TPSA) is 47.6 Å². The molecule has 3 rings (SSSR count). The molecule has 0 atom stereocenters. The Morgan fingerprint density at radius 3 is 1.42 bits per heavy atom. The molecule has 3 aromatic carbocycles. The molecule has 0 aromatic heterocycles. The maximum atomic E-state index is 14.5. The van der Waals surface area contributed by atoms with Gasteiger partial charge >= 0.3 is 0 Å². The van der Waals surface area contributed by atoms with Crippen LogP contribution in [0.15, 0.2) is 60.7 Å². The van der Waals surface area contributed by atoms with E-state index in [2.05, 4.69) is 0 Å². The lowest BCUT2D eigenvalue weighted by molar-refractivity contribution is 0.514. The molecule has 0 saturated heterocycles. The summed E-state index contributed by atoms with van der Waals surface area (Å²) in [5.41, 5.74) is 1.79. The van der Waals surface area contributed by atoms with Crippen LogP contribution in [0.2, 0.25) is 0 Å². The number of nitrogens with zero attached hydrogens (tertiary/aromatic N) is 2. The van der Waals surface area contributed by atoms with Gasteiger partial charge in [0.2, 0.25) is 0 Å². The van der Waals surface area contributed by atoms with Gasteiger partial charge in [0.25, 0.3) is 0 Å². The first-order chi connectivity index (χ1) is 11.6. The Morgan fingerprint density at radius 1 is 0.625 bits per heavy atom. The highest BCUT2D eigenvalue weighted by Gasteiger charge is 2.16. The van der Waals surface area contributed by atoms with Crippen molar-refractivity contribution in [2.75, 3.05) is 0 Å². The zero-order chi connectivity index (χ0) is 17.1. The Morgan fingerprint density at radius 2 is 1.04 bits per heavy atom. The number of rotatable bonds is 2. The van der Waals surface area contributed by atoms with E-state index in [1.54, 1.807) is 36.4 Å². The molecular weight excluding hydrogens is 306 g/mol. The molecule has 0 spiro atoms. The van der Waals surface area contributed by atoms with Crippen LogP contribution in [-0.2, 0) is 0 Å². The summed E-state index contributed by atoms with van der Waals surface area (Å²) < 4.78 is 29.1. The number of hydrogen-bond donors (Lipinski definition) is 0. The third kappa shape index (κ3) is 2.74. The van der Waals surface area contributed by atoms with Gasteiger partial charge in [-0.3, -0.25) is 0 Å². The van der Waals surface area contributed by atoms with Gasteiger partial charge in [-0.25, -0.2) is 8.78 Å². The molecule has 0 fully saturated rings. The van der Waals surface area contributed by atoms with Crippen LogP contribution in [0.1, 0.15) is 11.1 Å². The lowest BCUT2D eigenvalue weighted by Crippen LogP contribution is -1.94. The van der Waals surface area contributed by atoms with Gasteiger partial charge in [0.05, 0.1) is 23.3 Å². The van der Waals surface area contributed by atoms with Crippen LogP contribution in [0.25, 0.3) is 22.3 Å². The van der Waals surface area contributed by atoms with E-state index in [9.17, 15) is 8.78 Å². The molecule has 2 nitrogen and oxygen atoms in total. The van der Waals surface area contributed by atoms with E-state index >= 15 is 0 Å². The molecule has 0 amide bonds. The Balaban J connectivity index is 2.13. The first kappa shape index (κ1) is 15.4. The van der Waals surface area contributed by atoms with Gasteiger partial charge in [0.15, 0.2) is 11.6 Å². The molecule has 0 N–H and O–H groups in total. The monoisotopic (exact) mass is 316 g/mol. The van der Waals surface area contributed by atoms with Crippen LogP contribution < -0.4 is 0 Å². The second-order valence-corrected chi connectivity index (χ2v) is 5.17. The molecule has 0 aliphatic heterocycles. The first-order valence-corrected chi connectivity index (χ1v) is 7.13. The van der Waals surface area contributed by atoms with Gasteiger partial charge in [0.1, 0.15) is 0 Å². The number of halogens is 2. The van der Waals surface area contributed by atoms with Crippen molar-refractivity contribution in [2.45, 2.75) is 0 Å². The summed E-state index contributed by atoms with van der Waals surface area (Å²) in [6, 6.07) is 19.6. The van der Waals surface area contributed by atoms with Gasteiger partial charge < -0.3 is 0 Å². The van der Waals surface area contributed by atoms with E-state index in [4.69, 9.17) is 10.5 Å². The fourth-order valence-corrected chi connectivity index (χ4v) is 2.51. The predicted octanol–water partition coefficient (Wildman–Crippen LogP) is 5.04. The molecule has 0 saturated carbocycles. The quantitative estimate of drug-likeness (QED) is 0.665. The van der Waals surface area contributed by atoms with Crippen molar-refractivity contribution < 1.29 is 8.78 Å². The Kier molecular flexibility index (Phi) is 4.05. The Hall–Kier alpha value is -3.50. The average Bonchev–Trinajstić information content (AvgIpc) is 2.64. The lowest BCUT2D eigenvalue weighted by atomic mass is 9.97. The summed E-state index contributed by atoms with van der Waals surface area (Å²) >= 11 is 0. The molecule has 0 bridgehead atoms. The summed E-state index contributed by atoms with van der Waals surface area (Å²) in [5.74, 6) is -1.96. The molecule has 0 aliphatic rings. The van der Waals surface area contributed by atoms with Crippen molar-refractivity contribution in [3.8, 4) is 34.4 Å². The highest BCUT2D eigenvalue weighted by Crippen LogP contribution is 2.32. The fraction of sp³-hybridized carbons (Fsp3) is 0. The van der Waals surface area contributed by atoms with Crippen LogP contribution in [0.5, 0.6) is 0 Å². The maximum Gasteiger partial charge on any atom is 0.167 e. The van der Waals surface area contributed by atoms with E-state index in [-0.39, 0.29) is 11.1 Å². The van der Waals surface area contributed by atoms with Crippen LogP contribution in [-0.4, -0.2) is 0 Å². The predicted molar refractivity (Wildman–Crippen MR) is 86.7 cm³/mol. The summed E-state index contributed by atoms with van der Waals surface area (Å²) in [6.45, 7) is 0. The Labute approximate surface area is 137 Å². The minimum absolute atomic E-state index is 0.0878. The van der Waals surface area contributed by atoms with Crippen molar-refractivity contribution in [2.24, 2.45) is 0 Å². The number of nitriles is 2. The third-order valence-corrected chi connectivity index (χ3v) is 3.69. The first-order valence-electron chi connectivity index (χ1n) is 7.13. The van der Waals surface area contributed by atoms with Crippen LogP contribution in [0.4, 0.5) is 8.78 Å². The normalized spacial score (nSPS) is 10.0. The molecule has 0 aliphatic carbocycles. The van der Waals surface area contributed by atoms with Crippen LogP contribution >= 0.6 is 0 Å². The van der Waals surface area contributed by atoms with Crippen LogP contribution in [0, 0.1) is 34.3 Å². The molecule has 114 valence electrons. The zero-order valence-electron chi connectivity index (χ0n) is 12.4. The molecule has 3 aromatic rings. The summed E-state index contributed by atoms with van der Waals surface area (Å²) in [4.78, 5) is 0. The minimum Gasteiger partial charge on any atom is -0.203 e. The van der Waals surface area contributed by atoms with Crippen molar-refractivity contribution in [3.63, 3.8) is 0 Å². The number of hydrogen-bond acceptors (Lipinski definition) is 2. The van der Waals surface area contributed by atoms with E-state index < -0.39 is 11.6 Å². The van der Waals surface area contributed by atoms with E-state index in [1.165, 1.54) is 24.3 Å². The summed E-state index contributed by atoms with van der Waals surface area (Å²) in [6.07, 6.45) is 0. The standard InChI is InChI=1S/C20H10F2N2/c21-19-17(15-5-1-3-13(9-15)11-23)7-8-18(20(19)22)16-6-2-4-14(10-16)12-24/h1-10H. The molecule has 0 radical (unpaired) electrons. The SMILES string of the molecule is N#Cc1cccc(-c2ccc(-c3cccc(C#N)c3)c(F)c2F)c1. The molecule has 0 heterocycles. The Bertz CT molecular complexity index is 928. The summed E-state index contributed by atoms with van der Waals surface area (Å²) in [5, 5.41) is 17.9. The van der Waals surface area contributed by atoms with E-state index in [1.807, 2.05) is 12.1 Å². The second kappa shape index (κ2) is 6.32. The minimum atomic E-state index is -0.982.